The van der Waals surface area contributed by atoms with E-state index in [2.05, 4.69) is 22.6 Å². The molecule has 84 valence electrons. The minimum atomic E-state index is -0.0819. The van der Waals surface area contributed by atoms with E-state index in [-0.39, 0.29) is 18.5 Å². The molecular weight excluding hydrogens is 315 g/mol. The van der Waals surface area contributed by atoms with Crippen molar-refractivity contribution in [1.82, 2.24) is 4.90 Å². The van der Waals surface area contributed by atoms with E-state index in [4.69, 9.17) is 5.26 Å². The number of hydrogen-bond donors (Lipinski definition) is 0. The number of carbonyl (C=O) groups is 1. The molecule has 0 saturated heterocycles. The summed E-state index contributed by atoms with van der Waals surface area (Å²) >= 11 is 2.13. The number of halogens is 1. The molecular formula is C12H13IN2O. The Morgan fingerprint density at radius 3 is 2.62 bits per heavy atom. The molecule has 1 aromatic carbocycles. The van der Waals surface area contributed by atoms with Crippen molar-refractivity contribution in [3.05, 3.63) is 33.4 Å². The Labute approximate surface area is 109 Å². The van der Waals surface area contributed by atoms with Crippen molar-refractivity contribution in [2.24, 2.45) is 0 Å². The highest BCUT2D eigenvalue weighted by Gasteiger charge is 2.19. The largest absolute Gasteiger partial charge is 0.323 e. The van der Waals surface area contributed by atoms with Crippen molar-refractivity contribution < 1.29 is 4.79 Å². The maximum absolute atomic E-state index is 12.2. The first-order valence-corrected chi connectivity index (χ1v) is 6.08. The number of benzene rings is 1. The summed E-state index contributed by atoms with van der Waals surface area (Å²) in [5, 5.41) is 8.70. The summed E-state index contributed by atoms with van der Waals surface area (Å²) in [6, 6.07) is 9.45. The molecule has 0 unspecified atom stereocenters. The lowest BCUT2D eigenvalue weighted by Crippen LogP contribution is -2.37. The van der Waals surface area contributed by atoms with Gasteiger partial charge in [-0.15, -0.1) is 0 Å². The number of nitriles is 1. The van der Waals surface area contributed by atoms with Crippen molar-refractivity contribution in [3.8, 4) is 6.07 Å². The predicted molar refractivity (Wildman–Crippen MR) is 70.9 cm³/mol. The zero-order chi connectivity index (χ0) is 12.1. The highest BCUT2D eigenvalue weighted by molar-refractivity contribution is 14.1. The van der Waals surface area contributed by atoms with Gasteiger partial charge in [0.15, 0.2) is 0 Å². The molecule has 0 radical (unpaired) electrons. The van der Waals surface area contributed by atoms with Crippen LogP contribution in [0.4, 0.5) is 0 Å². The lowest BCUT2D eigenvalue weighted by atomic mass is 10.2. The third kappa shape index (κ3) is 2.95. The van der Waals surface area contributed by atoms with Crippen molar-refractivity contribution in [2.75, 3.05) is 6.54 Å². The minimum Gasteiger partial charge on any atom is -0.323 e. The Bertz CT molecular complexity index is 423. The SMILES string of the molecule is CC(C)N(CC#N)C(=O)c1ccccc1I. The Balaban J connectivity index is 3.01. The van der Waals surface area contributed by atoms with Gasteiger partial charge in [-0.3, -0.25) is 4.79 Å². The summed E-state index contributed by atoms with van der Waals surface area (Å²) in [4.78, 5) is 13.7. The van der Waals surface area contributed by atoms with Gasteiger partial charge in [-0.05, 0) is 48.6 Å². The van der Waals surface area contributed by atoms with Crippen LogP contribution in [-0.2, 0) is 0 Å². The average Bonchev–Trinajstić information content (AvgIpc) is 2.25. The van der Waals surface area contributed by atoms with Gasteiger partial charge in [0.1, 0.15) is 6.54 Å². The molecule has 0 heterocycles. The van der Waals surface area contributed by atoms with E-state index < -0.39 is 0 Å². The Hall–Kier alpha value is -1.09. The molecule has 3 nitrogen and oxygen atoms in total. The van der Waals surface area contributed by atoms with E-state index >= 15 is 0 Å². The highest BCUT2D eigenvalue weighted by atomic mass is 127. The van der Waals surface area contributed by atoms with Gasteiger partial charge >= 0.3 is 0 Å². The Morgan fingerprint density at radius 1 is 1.50 bits per heavy atom. The first-order valence-electron chi connectivity index (χ1n) is 5.00. The minimum absolute atomic E-state index is 0.0307. The van der Waals surface area contributed by atoms with Gasteiger partial charge in [-0.2, -0.15) is 5.26 Å². The van der Waals surface area contributed by atoms with Crippen LogP contribution in [0, 0.1) is 14.9 Å². The van der Waals surface area contributed by atoms with Gasteiger partial charge in [-0.25, -0.2) is 0 Å². The van der Waals surface area contributed by atoms with E-state index in [9.17, 15) is 4.79 Å². The van der Waals surface area contributed by atoms with E-state index in [0.29, 0.717) is 5.56 Å². The fourth-order valence-corrected chi connectivity index (χ4v) is 1.97. The summed E-state index contributed by atoms with van der Waals surface area (Å²) in [5.74, 6) is -0.0819. The standard InChI is InChI=1S/C12H13IN2O/c1-9(2)15(8-7-14)12(16)10-5-3-4-6-11(10)13/h3-6,9H,8H2,1-2H3. The molecule has 0 aliphatic carbocycles. The molecule has 1 aromatic rings. The zero-order valence-corrected chi connectivity index (χ0v) is 11.4. The van der Waals surface area contributed by atoms with Gasteiger partial charge in [-0.1, -0.05) is 12.1 Å². The molecule has 0 saturated carbocycles. The molecule has 4 heteroatoms. The van der Waals surface area contributed by atoms with Crippen LogP contribution in [0.1, 0.15) is 24.2 Å². The smallest absolute Gasteiger partial charge is 0.256 e. The quantitative estimate of drug-likeness (QED) is 0.632. The fraction of sp³-hybridized carbons (Fsp3) is 0.333. The molecule has 0 aromatic heterocycles. The summed E-state index contributed by atoms with van der Waals surface area (Å²) in [5.41, 5.74) is 0.659. The third-order valence-corrected chi connectivity index (χ3v) is 3.17. The molecule has 0 atom stereocenters. The van der Waals surface area contributed by atoms with E-state index in [1.807, 2.05) is 38.1 Å². The van der Waals surface area contributed by atoms with Crippen LogP contribution in [0.2, 0.25) is 0 Å². The molecule has 0 spiro atoms. The Kier molecular flexibility index (Phi) is 4.74. The fourth-order valence-electron chi connectivity index (χ4n) is 1.35. The van der Waals surface area contributed by atoms with Crippen molar-refractivity contribution in [2.45, 2.75) is 19.9 Å². The topological polar surface area (TPSA) is 44.1 Å². The van der Waals surface area contributed by atoms with Gasteiger partial charge in [0, 0.05) is 9.61 Å². The van der Waals surface area contributed by atoms with Crippen LogP contribution in [0.5, 0.6) is 0 Å². The van der Waals surface area contributed by atoms with Crippen LogP contribution in [0.25, 0.3) is 0 Å². The number of amides is 1. The van der Waals surface area contributed by atoms with Crippen LogP contribution >= 0.6 is 22.6 Å². The van der Waals surface area contributed by atoms with Crippen molar-refractivity contribution >= 4 is 28.5 Å². The normalized spacial score (nSPS) is 9.94. The van der Waals surface area contributed by atoms with E-state index in [1.165, 1.54) is 0 Å². The molecule has 0 fully saturated rings. The number of hydrogen-bond acceptors (Lipinski definition) is 2. The number of rotatable bonds is 3. The van der Waals surface area contributed by atoms with Gasteiger partial charge < -0.3 is 4.90 Å². The summed E-state index contributed by atoms with van der Waals surface area (Å²) in [7, 11) is 0. The maximum atomic E-state index is 12.2. The summed E-state index contributed by atoms with van der Waals surface area (Å²) < 4.78 is 0.911. The highest BCUT2D eigenvalue weighted by Crippen LogP contribution is 2.15. The lowest BCUT2D eigenvalue weighted by molar-refractivity contribution is 0.0730. The molecule has 16 heavy (non-hydrogen) atoms. The van der Waals surface area contributed by atoms with Crippen molar-refractivity contribution in [1.29, 1.82) is 5.26 Å². The van der Waals surface area contributed by atoms with Gasteiger partial charge in [0.2, 0.25) is 0 Å². The van der Waals surface area contributed by atoms with Crippen molar-refractivity contribution in [3.63, 3.8) is 0 Å². The van der Waals surface area contributed by atoms with E-state index in [1.54, 1.807) is 11.0 Å². The predicted octanol–water partition coefficient (Wildman–Crippen LogP) is 2.67. The molecule has 0 aliphatic rings. The first-order chi connectivity index (χ1) is 7.57. The van der Waals surface area contributed by atoms with Crippen LogP contribution < -0.4 is 0 Å². The summed E-state index contributed by atoms with van der Waals surface area (Å²) in [6.45, 7) is 3.94. The Morgan fingerprint density at radius 2 is 2.12 bits per heavy atom. The molecule has 1 amide bonds. The molecule has 0 N–H and O–H groups in total. The molecule has 0 aliphatic heterocycles. The second kappa shape index (κ2) is 5.85. The van der Waals surface area contributed by atoms with Crippen LogP contribution in [0.15, 0.2) is 24.3 Å². The first kappa shape index (κ1) is 13.0. The maximum Gasteiger partial charge on any atom is 0.256 e. The van der Waals surface area contributed by atoms with Crippen LogP contribution in [-0.4, -0.2) is 23.4 Å². The lowest BCUT2D eigenvalue weighted by Gasteiger charge is -2.24. The summed E-state index contributed by atoms with van der Waals surface area (Å²) in [6.07, 6.45) is 0. The molecule has 0 bridgehead atoms. The van der Waals surface area contributed by atoms with Gasteiger partial charge in [0.25, 0.3) is 5.91 Å². The number of nitrogens with zero attached hydrogens (tertiary/aromatic N) is 2. The molecule has 1 rings (SSSR count). The average molecular weight is 328 g/mol. The van der Waals surface area contributed by atoms with E-state index in [0.717, 1.165) is 3.57 Å². The zero-order valence-electron chi connectivity index (χ0n) is 9.27. The monoisotopic (exact) mass is 328 g/mol. The van der Waals surface area contributed by atoms with Crippen LogP contribution in [0.3, 0.4) is 0 Å². The number of carbonyl (C=O) groups excluding carboxylic acids is 1. The second-order valence-electron chi connectivity index (χ2n) is 3.66. The van der Waals surface area contributed by atoms with Gasteiger partial charge in [0.05, 0.1) is 11.6 Å². The second-order valence-corrected chi connectivity index (χ2v) is 4.83. The third-order valence-electron chi connectivity index (χ3n) is 2.23.